The summed E-state index contributed by atoms with van der Waals surface area (Å²) in [7, 11) is 0. The Morgan fingerprint density at radius 2 is 1.75 bits per heavy atom. The largest absolute Gasteiger partial charge is 0.481 e. The molecule has 1 fully saturated rings. The molecule has 4 nitrogen and oxygen atoms in total. The van der Waals surface area contributed by atoms with Crippen molar-refractivity contribution in [1.82, 2.24) is 0 Å². The molecule has 1 aliphatic heterocycles. The Morgan fingerprint density at radius 3 is 2.40 bits per heavy atom. The first-order valence-corrected chi connectivity index (χ1v) is 8.00. The minimum atomic E-state index is -0.727. The topological polar surface area (TPSA) is 66.7 Å². The molecule has 0 bridgehead atoms. The SMILES string of the molecule is O=C(O)CCCCCC1=N[C@H]1C(=O)C1CCCCCC1. The maximum Gasteiger partial charge on any atom is 0.303 e. The molecule has 1 N–H and O–H groups in total. The van der Waals surface area contributed by atoms with E-state index >= 15 is 0 Å². The zero-order chi connectivity index (χ0) is 14.4. The number of hydrogen-bond donors (Lipinski definition) is 1. The molecule has 0 spiro atoms. The van der Waals surface area contributed by atoms with Gasteiger partial charge in [0.25, 0.3) is 0 Å². The predicted octanol–water partition coefficient (Wildman–Crippen LogP) is 3.38. The molecule has 20 heavy (non-hydrogen) atoms. The van der Waals surface area contributed by atoms with E-state index in [2.05, 4.69) is 4.99 Å². The Labute approximate surface area is 120 Å². The molecule has 1 heterocycles. The van der Waals surface area contributed by atoms with Crippen LogP contribution in [-0.2, 0) is 9.59 Å². The van der Waals surface area contributed by atoms with Gasteiger partial charge in [-0.25, -0.2) is 0 Å². The summed E-state index contributed by atoms with van der Waals surface area (Å²) in [4.78, 5) is 27.0. The van der Waals surface area contributed by atoms with Crippen molar-refractivity contribution in [1.29, 1.82) is 0 Å². The summed E-state index contributed by atoms with van der Waals surface area (Å²) in [6.45, 7) is 0. The van der Waals surface area contributed by atoms with Crippen LogP contribution in [-0.4, -0.2) is 28.6 Å². The van der Waals surface area contributed by atoms with Crippen LogP contribution in [0.15, 0.2) is 4.99 Å². The number of aliphatic carboxylic acids is 1. The Morgan fingerprint density at radius 1 is 1.05 bits per heavy atom. The minimum Gasteiger partial charge on any atom is -0.481 e. The normalized spacial score (nSPS) is 23.0. The minimum absolute atomic E-state index is 0.0995. The zero-order valence-corrected chi connectivity index (χ0v) is 12.1. The van der Waals surface area contributed by atoms with Crippen molar-refractivity contribution < 1.29 is 14.7 Å². The lowest BCUT2D eigenvalue weighted by molar-refractivity contribution is -0.137. The highest BCUT2D eigenvalue weighted by molar-refractivity contribution is 6.18. The second kappa shape index (κ2) is 7.55. The summed E-state index contributed by atoms with van der Waals surface area (Å²) in [6, 6.07) is -0.0995. The van der Waals surface area contributed by atoms with E-state index in [1.54, 1.807) is 0 Å². The van der Waals surface area contributed by atoms with Crippen molar-refractivity contribution in [3.63, 3.8) is 0 Å². The molecule has 0 unspecified atom stereocenters. The number of hydrogen-bond acceptors (Lipinski definition) is 3. The molecule has 0 aromatic rings. The van der Waals surface area contributed by atoms with Gasteiger partial charge < -0.3 is 5.11 Å². The first-order valence-electron chi connectivity index (χ1n) is 8.00. The van der Waals surface area contributed by atoms with Crippen LogP contribution in [0.5, 0.6) is 0 Å². The van der Waals surface area contributed by atoms with Crippen molar-refractivity contribution in [3.8, 4) is 0 Å². The van der Waals surface area contributed by atoms with E-state index in [1.807, 2.05) is 0 Å². The highest BCUT2D eigenvalue weighted by Crippen LogP contribution is 2.29. The second-order valence-corrected chi connectivity index (χ2v) is 6.07. The van der Waals surface area contributed by atoms with Crippen LogP contribution in [0.3, 0.4) is 0 Å². The number of carbonyl (C=O) groups excluding carboxylic acids is 1. The Kier molecular flexibility index (Phi) is 5.74. The van der Waals surface area contributed by atoms with Crippen LogP contribution in [0.4, 0.5) is 0 Å². The molecular weight excluding hydrogens is 254 g/mol. The second-order valence-electron chi connectivity index (χ2n) is 6.07. The first-order chi connectivity index (χ1) is 9.68. The van der Waals surface area contributed by atoms with Crippen LogP contribution in [0, 0.1) is 5.92 Å². The van der Waals surface area contributed by atoms with E-state index in [-0.39, 0.29) is 18.4 Å². The smallest absolute Gasteiger partial charge is 0.303 e. The van der Waals surface area contributed by atoms with E-state index in [4.69, 9.17) is 5.11 Å². The first kappa shape index (κ1) is 15.2. The number of nitrogens with zero attached hydrogens (tertiary/aromatic N) is 1. The third-order valence-corrected chi connectivity index (χ3v) is 4.39. The summed E-state index contributed by atoms with van der Waals surface area (Å²) in [5, 5.41) is 8.55. The van der Waals surface area contributed by atoms with Crippen LogP contribution in [0.25, 0.3) is 0 Å². The number of Topliss-reactive ketones (excluding diaryl/α,β-unsaturated/α-hetero) is 1. The molecule has 1 aliphatic carbocycles. The number of unbranched alkanes of at least 4 members (excludes halogenated alkanes) is 2. The van der Waals surface area contributed by atoms with Gasteiger partial charge in [-0.05, 0) is 32.1 Å². The third kappa shape index (κ3) is 4.73. The molecule has 0 saturated heterocycles. The molecule has 112 valence electrons. The number of carbonyl (C=O) groups is 2. The maximum atomic E-state index is 12.3. The average molecular weight is 279 g/mol. The maximum absolute atomic E-state index is 12.3. The van der Waals surface area contributed by atoms with Gasteiger partial charge in [-0.15, -0.1) is 0 Å². The molecule has 0 radical (unpaired) electrons. The highest BCUT2D eigenvalue weighted by Gasteiger charge is 2.37. The van der Waals surface area contributed by atoms with Crippen molar-refractivity contribution in [2.45, 2.75) is 76.7 Å². The van der Waals surface area contributed by atoms with E-state index in [0.717, 1.165) is 44.2 Å². The summed E-state index contributed by atoms with van der Waals surface area (Å²) in [5.74, 6) is -0.127. The molecule has 1 saturated carbocycles. The summed E-state index contributed by atoms with van der Waals surface area (Å²) in [6.07, 6.45) is 10.7. The van der Waals surface area contributed by atoms with Gasteiger partial charge in [-0.2, -0.15) is 0 Å². The molecule has 1 atom stereocenters. The van der Waals surface area contributed by atoms with E-state index in [1.165, 1.54) is 25.7 Å². The van der Waals surface area contributed by atoms with Gasteiger partial charge in [0.15, 0.2) is 5.78 Å². The molecule has 4 heteroatoms. The molecule has 0 aromatic heterocycles. The standard InChI is InChI=1S/C16H25NO3/c18-14(19)11-7-3-6-10-13-15(17-13)16(20)12-8-4-1-2-5-9-12/h12,15H,1-11H2,(H,18,19)/t15-/m1/s1. The molecule has 2 aliphatic rings. The van der Waals surface area contributed by atoms with Crippen molar-refractivity contribution in [2.75, 3.05) is 0 Å². The van der Waals surface area contributed by atoms with E-state index < -0.39 is 5.97 Å². The van der Waals surface area contributed by atoms with Crippen LogP contribution in [0.1, 0.15) is 70.6 Å². The van der Waals surface area contributed by atoms with Crippen molar-refractivity contribution in [2.24, 2.45) is 10.9 Å². The van der Waals surface area contributed by atoms with Crippen molar-refractivity contribution >= 4 is 17.5 Å². The van der Waals surface area contributed by atoms with Crippen molar-refractivity contribution in [3.05, 3.63) is 0 Å². The molecule has 2 rings (SSSR count). The fourth-order valence-electron chi connectivity index (χ4n) is 3.10. The zero-order valence-electron chi connectivity index (χ0n) is 12.1. The van der Waals surface area contributed by atoms with E-state index in [9.17, 15) is 9.59 Å². The van der Waals surface area contributed by atoms with Crippen LogP contribution < -0.4 is 0 Å². The summed E-state index contributed by atoms with van der Waals surface area (Å²) in [5.41, 5.74) is 1.06. The van der Waals surface area contributed by atoms with Gasteiger partial charge in [0, 0.05) is 18.1 Å². The summed E-state index contributed by atoms with van der Waals surface area (Å²) >= 11 is 0. The number of aliphatic imine (C=N–C) groups is 1. The fourth-order valence-corrected chi connectivity index (χ4v) is 3.10. The highest BCUT2D eigenvalue weighted by atomic mass is 16.4. The number of ketones is 1. The fraction of sp³-hybridized carbons (Fsp3) is 0.812. The lowest BCUT2D eigenvalue weighted by Gasteiger charge is -2.11. The number of rotatable bonds is 8. The van der Waals surface area contributed by atoms with Gasteiger partial charge in [-0.3, -0.25) is 14.6 Å². The van der Waals surface area contributed by atoms with Gasteiger partial charge in [0.05, 0.1) is 0 Å². The summed E-state index contributed by atoms with van der Waals surface area (Å²) < 4.78 is 0. The molecular formula is C16H25NO3. The Bertz CT molecular complexity index is 381. The van der Waals surface area contributed by atoms with E-state index in [0.29, 0.717) is 5.78 Å². The quantitative estimate of drug-likeness (QED) is 0.547. The Balaban J connectivity index is 1.60. The molecule has 0 aromatic carbocycles. The van der Waals surface area contributed by atoms with Crippen LogP contribution >= 0.6 is 0 Å². The lowest BCUT2D eigenvalue weighted by atomic mass is 9.91. The van der Waals surface area contributed by atoms with Gasteiger partial charge >= 0.3 is 5.97 Å². The average Bonchev–Trinajstić information content (AvgIpc) is 3.21. The lowest BCUT2D eigenvalue weighted by Crippen LogP contribution is -2.22. The predicted molar refractivity (Wildman–Crippen MR) is 78.1 cm³/mol. The monoisotopic (exact) mass is 279 g/mol. The number of carboxylic acids is 1. The van der Waals surface area contributed by atoms with Gasteiger partial charge in [0.1, 0.15) is 6.04 Å². The Hall–Kier alpha value is -1.19. The van der Waals surface area contributed by atoms with Gasteiger partial charge in [0.2, 0.25) is 0 Å². The van der Waals surface area contributed by atoms with Crippen LogP contribution in [0.2, 0.25) is 0 Å². The number of carboxylic acid groups (broad SMARTS) is 1. The van der Waals surface area contributed by atoms with Gasteiger partial charge in [-0.1, -0.05) is 32.1 Å². The molecule has 0 amide bonds. The third-order valence-electron chi connectivity index (χ3n) is 4.39.